The number of anilines is 1. The first-order chi connectivity index (χ1) is 10.7. The van der Waals surface area contributed by atoms with Gasteiger partial charge in [0.05, 0.1) is 12.9 Å². The van der Waals surface area contributed by atoms with Crippen molar-refractivity contribution in [3.05, 3.63) is 12.2 Å². The molecule has 23 heavy (non-hydrogen) atoms. The van der Waals surface area contributed by atoms with E-state index < -0.39 is 31.9 Å². The van der Waals surface area contributed by atoms with Gasteiger partial charge in [-0.25, -0.2) is 15.0 Å². The van der Waals surface area contributed by atoms with E-state index in [1.165, 1.54) is 6.33 Å². The summed E-state index contributed by atoms with van der Waals surface area (Å²) in [5, 5.41) is 19.9. The van der Waals surface area contributed by atoms with E-state index in [4.69, 9.17) is 25.0 Å². The summed E-state index contributed by atoms with van der Waals surface area (Å²) in [6.07, 6.45) is -2.78. The second-order valence-corrected chi connectivity index (χ2v) is 6.55. The van der Waals surface area contributed by atoms with Crippen LogP contribution in [0.4, 0.5) is 5.82 Å². The second kappa shape index (κ2) is 5.46. The lowest BCUT2D eigenvalue weighted by molar-refractivity contribution is -0.254. The van der Waals surface area contributed by atoms with Gasteiger partial charge in [-0.05, 0) is 0 Å². The minimum absolute atomic E-state index is 0.0288. The van der Waals surface area contributed by atoms with Crippen LogP contribution in [0.3, 0.4) is 0 Å². The van der Waals surface area contributed by atoms with Gasteiger partial charge >= 0.3 is 7.60 Å². The summed E-state index contributed by atoms with van der Waals surface area (Å²) in [6, 6.07) is 0. The number of fused-ring (bicyclic) bond motifs is 1. The van der Waals surface area contributed by atoms with Crippen LogP contribution in [0.2, 0.25) is 0 Å². The van der Waals surface area contributed by atoms with E-state index in [0.29, 0.717) is 5.52 Å². The van der Waals surface area contributed by atoms with Crippen LogP contribution in [-0.4, -0.2) is 65.1 Å². The number of ether oxygens (including phenoxy) is 2. The fourth-order valence-electron chi connectivity index (χ4n) is 2.22. The predicted octanol–water partition coefficient (Wildman–Crippen LogP) is -2.01. The minimum atomic E-state index is -4.58. The predicted molar refractivity (Wildman–Crippen MR) is 73.7 cm³/mol. The Labute approximate surface area is 128 Å². The summed E-state index contributed by atoms with van der Waals surface area (Å²) < 4.78 is 21.4. The lowest BCUT2D eigenvalue weighted by atomic mass is 10.1. The maximum atomic E-state index is 11.1. The van der Waals surface area contributed by atoms with Crippen LogP contribution in [0.1, 0.15) is 5.82 Å². The zero-order valence-corrected chi connectivity index (χ0v) is 12.4. The van der Waals surface area contributed by atoms with Gasteiger partial charge < -0.3 is 40.2 Å². The number of nitrogen functional groups attached to an aromatic ring is 1. The van der Waals surface area contributed by atoms with Gasteiger partial charge in [-0.3, -0.25) is 4.57 Å². The van der Waals surface area contributed by atoms with Gasteiger partial charge in [-0.1, -0.05) is 0 Å². The van der Waals surface area contributed by atoms with Crippen molar-refractivity contribution in [2.75, 3.05) is 18.7 Å². The van der Waals surface area contributed by atoms with Crippen molar-refractivity contribution in [3.63, 3.8) is 0 Å². The Morgan fingerprint density at radius 1 is 1.48 bits per heavy atom. The third-order valence-electron chi connectivity index (χ3n) is 3.29. The first kappa shape index (κ1) is 16.2. The minimum Gasteiger partial charge on any atom is -0.388 e. The van der Waals surface area contributed by atoms with Gasteiger partial charge in [0.15, 0.2) is 23.6 Å². The summed E-state index contributed by atoms with van der Waals surface area (Å²) in [4.78, 5) is 32.6. The molecule has 0 aromatic carbocycles. The molecule has 0 saturated carbocycles. The molecule has 2 aromatic heterocycles. The Kier molecular flexibility index (Phi) is 3.84. The van der Waals surface area contributed by atoms with Crippen molar-refractivity contribution >= 4 is 24.6 Å². The number of aliphatic hydroxyl groups is 2. The molecule has 0 amide bonds. The van der Waals surface area contributed by atoms with Gasteiger partial charge in [-0.15, -0.1) is 0 Å². The molecule has 2 aromatic rings. The van der Waals surface area contributed by atoms with Gasteiger partial charge in [0.1, 0.15) is 17.7 Å². The lowest BCUT2D eigenvalue weighted by Gasteiger charge is -2.30. The number of nitrogens with one attached hydrogen (secondary N) is 1. The summed E-state index contributed by atoms with van der Waals surface area (Å²) in [6.45, 7) is -0.343. The number of aromatic amines is 1. The van der Waals surface area contributed by atoms with Gasteiger partial charge in [0.25, 0.3) is 5.79 Å². The largest absolute Gasteiger partial charge is 0.388 e. The number of aliphatic hydroxyl groups excluding tert-OH is 2. The van der Waals surface area contributed by atoms with E-state index in [1.807, 2.05) is 0 Å². The zero-order chi connectivity index (χ0) is 16.8. The fraction of sp³-hybridized carbons (Fsp3) is 0.500. The van der Waals surface area contributed by atoms with Crippen molar-refractivity contribution in [2.45, 2.75) is 18.0 Å². The maximum Gasteiger partial charge on any atom is 0.351 e. The molecular formula is C10H14N5O7P. The molecule has 0 aliphatic carbocycles. The fourth-order valence-corrected chi connectivity index (χ4v) is 2.58. The lowest BCUT2D eigenvalue weighted by Crippen LogP contribution is -2.44. The highest BCUT2D eigenvalue weighted by Crippen LogP contribution is 2.42. The van der Waals surface area contributed by atoms with E-state index in [9.17, 15) is 14.8 Å². The van der Waals surface area contributed by atoms with Crippen LogP contribution in [-0.2, 0) is 19.8 Å². The molecular weight excluding hydrogens is 333 g/mol. The first-order valence-electron chi connectivity index (χ1n) is 6.38. The van der Waals surface area contributed by atoms with Crippen LogP contribution in [0.25, 0.3) is 11.2 Å². The summed E-state index contributed by atoms with van der Waals surface area (Å²) in [5.74, 6) is -2.49. The molecule has 13 heteroatoms. The Hall–Kier alpha value is -1.66. The number of rotatable bonds is 4. The molecule has 3 atom stereocenters. The standard InChI is InChI=1S/C10H14N5O7P/c11-7-5-8(13-2-12-5)15-9(14-7)10(22-3-23(18,19)20)6(17)4(16)1-21-10/h2,4,6,16-17H,1,3H2,(H2,18,19,20)(H3,11,12,13,14,15)/t4-,6-,10+/m1/s1. The van der Waals surface area contributed by atoms with Crippen molar-refractivity contribution in [1.29, 1.82) is 0 Å². The molecule has 1 fully saturated rings. The average Bonchev–Trinajstić information content (AvgIpc) is 3.04. The van der Waals surface area contributed by atoms with Crippen molar-refractivity contribution in [2.24, 2.45) is 0 Å². The van der Waals surface area contributed by atoms with E-state index in [-0.39, 0.29) is 23.9 Å². The number of H-pyrrole nitrogens is 1. The normalized spacial score (nSPS) is 28.5. The molecule has 12 nitrogen and oxygen atoms in total. The smallest absolute Gasteiger partial charge is 0.351 e. The molecule has 3 rings (SSSR count). The molecule has 126 valence electrons. The third kappa shape index (κ3) is 2.81. The van der Waals surface area contributed by atoms with Crippen LogP contribution in [0, 0.1) is 0 Å². The maximum absolute atomic E-state index is 11.1. The number of nitrogens with two attached hydrogens (primary N) is 1. The topological polar surface area (TPSA) is 197 Å². The molecule has 1 aliphatic rings. The summed E-state index contributed by atoms with van der Waals surface area (Å²) in [7, 11) is -4.58. The number of hydrogen-bond acceptors (Lipinski definition) is 9. The SMILES string of the molecule is Nc1nc([C@]2(OCP(=O)(O)O)OC[C@@H](O)[C@H]2O)nc2nc[nH]c12. The van der Waals surface area contributed by atoms with E-state index >= 15 is 0 Å². The van der Waals surface area contributed by atoms with Crippen molar-refractivity contribution in [3.8, 4) is 0 Å². The van der Waals surface area contributed by atoms with Gasteiger partial charge in [0, 0.05) is 0 Å². The molecule has 0 spiro atoms. The Morgan fingerprint density at radius 2 is 2.22 bits per heavy atom. The van der Waals surface area contributed by atoms with Crippen LogP contribution in [0.15, 0.2) is 6.33 Å². The van der Waals surface area contributed by atoms with Crippen LogP contribution in [0.5, 0.6) is 0 Å². The van der Waals surface area contributed by atoms with Crippen LogP contribution < -0.4 is 5.73 Å². The number of hydrogen-bond donors (Lipinski definition) is 6. The van der Waals surface area contributed by atoms with Gasteiger partial charge in [0.2, 0.25) is 0 Å². The highest BCUT2D eigenvalue weighted by atomic mass is 31.2. The Morgan fingerprint density at radius 3 is 2.83 bits per heavy atom. The van der Waals surface area contributed by atoms with Gasteiger partial charge in [-0.2, -0.15) is 0 Å². The number of nitrogens with zero attached hydrogens (tertiary/aromatic N) is 3. The number of imidazole rings is 1. The molecule has 3 heterocycles. The van der Waals surface area contributed by atoms with E-state index in [0.717, 1.165) is 0 Å². The quantitative estimate of drug-likeness (QED) is 0.334. The highest BCUT2D eigenvalue weighted by Gasteiger charge is 2.55. The molecule has 0 bridgehead atoms. The molecule has 0 unspecified atom stereocenters. The highest BCUT2D eigenvalue weighted by molar-refractivity contribution is 7.51. The second-order valence-electron chi connectivity index (χ2n) is 4.96. The summed E-state index contributed by atoms with van der Waals surface area (Å²) in [5.41, 5.74) is 6.24. The average molecular weight is 347 g/mol. The van der Waals surface area contributed by atoms with Crippen molar-refractivity contribution in [1.82, 2.24) is 19.9 Å². The monoisotopic (exact) mass is 347 g/mol. The molecule has 7 N–H and O–H groups in total. The Bertz CT molecular complexity index is 778. The zero-order valence-electron chi connectivity index (χ0n) is 11.5. The Balaban J connectivity index is 2.08. The molecule has 1 saturated heterocycles. The van der Waals surface area contributed by atoms with E-state index in [1.54, 1.807) is 0 Å². The first-order valence-corrected chi connectivity index (χ1v) is 8.18. The molecule has 1 aliphatic heterocycles. The molecule has 0 radical (unpaired) electrons. The van der Waals surface area contributed by atoms with Crippen LogP contribution >= 0.6 is 7.60 Å². The van der Waals surface area contributed by atoms with Crippen molar-refractivity contribution < 1.29 is 34.0 Å². The summed E-state index contributed by atoms with van der Waals surface area (Å²) >= 11 is 0. The van der Waals surface area contributed by atoms with E-state index in [2.05, 4.69) is 19.9 Å². The third-order valence-corrected chi connectivity index (χ3v) is 3.76. The number of aromatic nitrogens is 4.